The number of carbonyl (C=O) groups is 1. The summed E-state index contributed by atoms with van der Waals surface area (Å²) in [7, 11) is 0. The highest BCUT2D eigenvalue weighted by Crippen LogP contribution is 2.36. The van der Waals surface area contributed by atoms with Gasteiger partial charge in [-0.2, -0.15) is 0 Å². The molecule has 1 aliphatic heterocycles. The van der Waals surface area contributed by atoms with Crippen LogP contribution in [0.25, 0.3) is 0 Å². The first-order chi connectivity index (χ1) is 12.7. The zero-order chi connectivity index (χ0) is 17.9. The molecule has 1 amide bonds. The molecule has 0 bridgehead atoms. The minimum atomic E-state index is -0.128. The molecule has 3 nitrogen and oxygen atoms in total. The van der Waals surface area contributed by atoms with Gasteiger partial charge in [-0.3, -0.25) is 9.69 Å². The molecule has 3 aromatic rings. The molecule has 0 radical (unpaired) electrons. The van der Waals surface area contributed by atoms with Gasteiger partial charge in [0.2, 0.25) is 0 Å². The number of carbonyl (C=O) groups excluding carboxylic acids is 1. The van der Waals surface area contributed by atoms with E-state index in [-0.39, 0.29) is 11.9 Å². The number of nitrogens with zero attached hydrogens (tertiary/aromatic N) is 1. The van der Waals surface area contributed by atoms with E-state index in [4.69, 9.17) is 0 Å². The van der Waals surface area contributed by atoms with Crippen molar-refractivity contribution in [1.82, 2.24) is 0 Å². The van der Waals surface area contributed by atoms with E-state index >= 15 is 0 Å². The number of nitrogens with one attached hydrogen (secondary N) is 1. The third-order valence-electron chi connectivity index (χ3n) is 4.56. The molecular weight excluding hydrogens is 320 g/mol. The van der Waals surface area contributed by atoms with Crippen molar-refractivity contribution in [3.05, 3.63) is 108 Å². The first kappa shape index (κ1) is 16.2. The molecule has 26 heavy (non-hydrogen) atoms. The fourth-order valence-corrected chi connectivity index (χ4v) is 3.21. The predicted molar refractivity (Wildman–Crippen MR) is 106 cm³/mol. The summed E-state index contributed by atoms with van der Waals surface area (Å²) in [6.07, 6.45) is 2.01. The Morgan fingerprint density at radius 3 is 2.08 bits per heavy atom. The average Bonchev–Trinajstić information content (AvgIpc) is 3.00. The standard InChI is InChI=1S/C23H20N2O/c1-17-12-14-18(15-13-17)22-16-21(24-19-8-4-2-5-9-19)23(26)25(22)20-10-6-3-7-11-20/h2-16,22,24H,1H3/t22-/m0/s1. The molecule has 1 aliphatic rings. The van der Waals surface area contributed by atoms with Crippen LogP contribution in [0.1, 0.15) is 17.2 Å². The second kappa shape index (κ2) is 6.89. The maximum Gasteiger partial charge on any atom is 0.275 e. The van der Waals surface area contributed by atoms with Crippen LogP contribution in [0.15, 0.2) is 96.7 Å². The number of para-hydroxylation sites is 2. The lowest BCUT2D eigenvalue weighted by atomic mass is 10.0. The topological polar surface area (TPSA) is 32.3 Å². The molecule has 4 rings (SSSR count). The van der Waals surface area contributed by atoms with E-state index in [9.17, 15) is 4.79 Å². The van der Waals surface area contributed by atoms with Crippen LogP contribution in [-0.4, -0.2) is 5.91 Å². The fourth-order valence-electron chi connectivity index (χ4n) is 3.21. The van der Waals surface area contributed by atoms with Gasteiger partial charge in [0.05, 0.1) is 6.04 Å². The number of amides is 1. The first-order valence-electron chi connectivity index (χ1n) is 8.71. The van der Waals surface area contributed by atoms with Crippen LogP contribution in [-0.2, 0) is 4.79 Å². The van der Waals surface area contributed by atoms with Crippen LogP contribution >= 0.6 is 0 Å². The average molecular weight is 340 g/mol. The minimum absolute atomic E-state index is 0.0226. The maximum atomic E-state index is 13.2. The van der Waals surface area contributed by atoms with Crippen molar-refractivity contribution in [1.29, 1.82) is 0 Å². The van der Waals surface area contributed by atoms with E-state index in [0.717, 1.165) is 16.9 Å². The maximum absolute atomic E-state index is 13.2. The van der Waals surface area contributed by atoms with Crippen LogP contribution < -0.4 is 10.2 Å². The van der Waals surface area contributed by atoms with Gasteiger partial charge in [-0.25, -0.2) is 0 Å². The van der Waals surface area contributed by atoms with Crippen molar-refractivity contribution in [3.8, 4) is 0 Å². The molecule has 0 saturated carbocycles. The summed E-state index contributed by atoms with van der Waals surface area (Å²) in [5.74, 6) is -0.0226. The van der Waals surface area contributed by atoms with Gasteiger partial charge in [-0.15, -0.1) is 0 Å². The molecule has 128 valence electrons. The van der Waals surface area contributed by atoms with E-state index in [1.807, 2.05) is 71.6 Å². The number of hydrogen-bond acceptors (Lipinski definition) is 2. The second-order valence-electron chi connectivity index (χ2n) is 6.44. The Morgan fingerprint density at radius 2 is 1.42 bits per heavy atom. The summed E-state index contributed by atoms with van der Waals surface area (Å²) in [5, 5.41) is 3.27. The molecule has 0 unspecified atom stereocenters. The minimum Gasteiger partial charge on any atom is -0.351 e. The number of hydrogen-bond donors (Lipinski definition) is 1. The van der Waals surface area contributed by atoms with Crippen LogP contribution in [0.4, 0.5) is 11.4 Å². The highest BCUT2D eigenvalue weighted by molar-refractivity contribution is 6.11. The lowest BCUT2D eigenvalue weighted by Gasteiger charge is -2.25. The predicted octanol–water partition coefficient (Wildman–Crippen LogP) is 5.08. The van der Waals surface area contributed by atoms with E-state index in [0.29, 0.717) is 5.70 Å². The van der Waals surface area contributed by atoms with Gasteiger partial charge in [0, 0.05) is 11.4 Å². The van der Waals surface area contributed by atoms with Gasteiger partial charge in [-0.05, 0) is 42.8 Å². The summed E-state index contributed by atoms with van der Waals surface area (Å²) in [5.41, 5.74) is 4.70. The van der Waals surface area contributed by atoms with Crippen molar-refractivity contribution < 1.29 is 4.79 Å². The molecular formula is C23H20N2O. The van der Waals surface area contributed by atoms with E-state index in [1.54, 1.807) is 0 Å². The molecule has 0 aliphatic carbocycles. The number of aryl methyl sites for hydroxylation is 1. The number of benzene rings is 3. The normalized spacial score (nSPS) is 16.5. The Kier molecular flexibility index (Phi) is 4.28. The van der Waals surface area contributed by atoms with Crippen LogP contribution in [0.3, 0.4) is 0 Å². The summed E-state index contributed by atoms with van der Waals surface area (Å²) in [6, 6.07) is 27.8. The lowest BCUT2D eigenvalue weighted by Crippen LogP contribution is -2.30. The Balaban J connectivity index is 1.73. The van der Waals surface area contributed by atoms with E-state index < -0.39 is 0 Å². The molecule has 1 atom stereocenters. The largest absolute Gasteiger partial charge is 0.351 e. The molecule has 3 aromatic carbocycles. The van der Waals surface area contributed by atoms with Crippen LogP contribution in [0.2, 0.25) is 0 Å². The molecule has 1 N–H and O–H groups in total. The summed E-state index contributed by atoms with van der Waals surface area (Å²) >= 11 is 0. The molecule has 0 fully saturated rings. The Labute approximate surface area is 153 Å². The van der Waals surface area contributed by atoms with Gasteiger partial charge in [0.15, 0.2) is 0 Å². The summed E-state index contributed by atoms with van der Waals surface area (Å²) < 4.78 is 0. The van der Waals surface area contributed by atoms with Crippen molar-refractivity contribution in [3.63, 3.8) is 0 Å². The van der Waals surface area contributed by atoms with Crippen molar-refractivity contribution in [2.24, 2.45) is 0 Å². The molecule has 3 heteroatoms. The Morgan fingerprint density at radius 1 is 0.808 bits per heavy atom. The molecule has 0 saturated heterocycles. The van der Waals surface area contributed by atoms with Gasteiger partial charge in [-0.1, -0.05) is 66.2 Å². The van der Waals surface area contributed by atoms with Gasteiger partial charge >= 0.3 is 0 Å². The van der Waals surface area contributed by atoms with Gasteiger partial charge in [0.25, 0.3) is 5.91 Å². The Hall–Kier alpha value is -3.33. The van der Waals surface area contributed by atoms with E-state index in [2.05, 4.69) is 36.5 Å². The summed E-state index contributed by atoms with van der Waals surface area (Å²) in [4.78, 5) is 15.0. The van der Waals surface area contributed by atoms with Gasteiger partial charge in [0.1, 0.15) is 5.70 Å². The third kappa shape index (κ3) is 3.11. The second-order valence-corrected chi connectivity index (χ2v) is 6.44. The third-order valence-corrected chi connectivity index (χ3v) is 4.56. The highest BCUT2D eigenvalue weighted by Gasteiger charge is 2.34. The smallest absolute Gasteiger partial charge is 0.275 e. The Bertz CT molecular complexity index is 931. The molecule has 0 spiro atoms. The molecule has 0 aromatic heterocycles. The highest BCUT2D eigenvalue weighted by atomic mass is 16.2. The first-order valence-corrected chi connectivity index (χ1v) is 8.71. The van der Waals surface area contributed by atoms with Crippen molar-refractivity contribution in [2.75, 3.05) is 10.2 Å². The number of anilines is 2. The van der Waals surface area contributed by atoms with Gasteiger partial charge < -0.3 is 5.32 Å². The SMILES string of the molecule is Cc1ccc([C@@H]2C=C(Nc3ccccc3)C(=O)N2c2ccccc2)cc1. The van der Waals surface area contributed by atoms with E-state index in [1.165, 1.54) is 5.56 Å². The number of rotatable bonds is 4. The van der Waals surface area contributed by atoms with Crippen molar-refractivity contribution in [2.45, 2.75) is 13.0 Å². The lowest BCUT2D eigenvalue weighted by molar-refractivity contribution is -0.114. The quantitative estimate of drug-likeness (QED) is 0.718. The van der Waals surface area contributed by atoms with Crippen molar-refractivity contribution >= 4 is 17.3 Å². The monoisotopic (exact) mass is 340 g/mol. The fraction of sp³-hybridized carbons (Fsp3) is 0.0870. The zero-order valence-corrected chi connectivity index (χ0v) is 14.6. The van der Waals surface area contributed by atoms with Crippen LogP contribution in [0.5, 0.6) is 0 Å². The molecule has 1 heterocycles. The summed E-state index contributed by atoms with van der Waals surface area (Å²) in [6.45, 7) is 2.07. The zero-order valence-electron chi connectivity index (χ0n) is 14.6. The van der Waals surface area contributed by atoms with Crippen LogP contribution in [0, 0.1) is 6.92 Å².